The summed E-state index contributed by atoms with van der Waals surface area (Å²) in [7, 11) is 0. The SMILES string of the molecule is CCn1nc(-c2ccc(OC(F)(F)F)cc2)c2c(N)ncnc21. The number of fused-ring (bicyclic) bond motifs is 1. The average Bonchev–Trinajstić information content (AvgIpc) is 2.86. The van der Waals surface area contributed by atoms with E-state index in [1.807, 2.05) is 6.92 Å². The number of aryl methyl sites for hydroxylation is 1. The Kier molecular flexibility index (Phi) is 3.55. The van der Waals surface area contributed by atoms with Crippen LogP contribution in [-0.4, -0.2) is 26.1 Å². The summed E-state index contributed by atoms with van der Waals surface area (Å²) in [6.07, 6.45) is -3.38. The molecule has 0 aliphatic carbocycles. The Labute approximate surface area is 128 Å². The number of anilines is 1. The maximum atomic E-state index is 12.2. The van der Waals surface area contributed by atoms with Crippen LogP contribution in [0.25, 0.3) is 22.3 Å². The molecule has 0 bridgehead atoms. The highest BCUT2D eigenvalue weighted by atomic mass is 19.4. The first kappa shape index (κ1) is 15.1. The number of ether oxygens (including phenoxy) is 1. The lowest BCUT2D eigenvalue weighted by molar-refractivity contribution is -0.274. The molecule has 0 atom stereocenters. The number of benzene rings is 1. The molecular weight excluding hydrogens is 311 g/mol. The summed E-state index contributed by atoms with van der Waals surface area (Å²) in [5.74, 6) is -0.0370. The van der Waals surface area contributed by atoms with E-state index in [2.05, 4.69) is 19.8 Å². The second-order valence-corrected chi connectivity index (χ2v) is 4.69. The molecule has 0 saturated heterocycles. The van der Waals surface area contributed by atoms with Crippen molar-refractivity contribution in [2.75, 3.05) is 5.73 Å². The van der Waals surface area contributed by atoms with E-state index in [9.17, 15) is 13.2 Å². The highest BCUT2D eigenvalue weighted by Crippen LogP contribution is 2.32. The van der Waals surface area contributed by atoms with Gasteiger partial charge in [-0.1, -0.05) is 0 Å². The van der Waals surface area contributed by atoms with Crippen molar-refractivity contribution in [3.05, 3.63) is 30.6 Å². The molecule has 6 nitrogen and oxygen atoms in total. The van der Waals surface area contributed by atoms with Crippen LogP contribution in [0.1, 0.15) is 6.92 Å². The van der Waals surface area contributed by atoms with Crippen LogP contribution in [0.3, 0.4) is 0 Å². The zero-order chi connectivity index (χ0) is 16.6. The molecule has 120 valence electrons. The summed E-state index contributed by atoms with van der Waals surface area (Å²) < 4.78 is 42.1. The van der Waals surface area contributed by atoms with Crippen molar-refractivity contribution in [2.45, 2.75) is 19.8 Å². The minimum atomic E-state index is -4.73. The maximum Gasteiger partial charge on any atom is 0.573 e. The highest BCUT2D eigenvalue weighted by molar-refractivity contribution is 5.98. The third kappa shape index (κ3) is 2.89. The smallest absolute Gasteiger partial charge is 0.406 e. The van der Waals surface area contributed by atoms with E-state index in [-0.39, 0.29) is 11.6 Å². The van der Waals surface area contributed by atoms with Gasteiger partial charge in [0, 0.05) is 12.1 Å². The molecule has 2 N–H and O–H groups in total. The summed E-state index contributed by atoms with van der Waals surface area (Å²) >= 11 is 0. The highest BCUT2D eigenvalue weighted by Gasteiger charge is 2.31. The van der Waals surface area contributed by atoms with E-state index < -0.39 is 6.36 Å². The summed E-state index contributed by atoms with van der Waals surface area (Å²) in [6.45, 7) is 2.47. The van der Waals surface area contributed by atoms with Crippen molar-refractivity contribution in [2.24, 2.45) is 0 Å². The molecule has 0 spiro atoms. The van der Waals surface area contributed by atoms with Gasteiger partial charge in [-0.15, -0.1) is 13.2 Å². The molecule has 2 aromatic heterocycles. The predicted molar refractivity (Wildman–Crippen MR) is 77.5 cm³/mol. The fourth-order valence-corrected chi connectivity index (χ4v) is 2.27. The number of nitrogen functional groups attached to an aromatic ring is 1. The Hall–Kier alpha value is -2.84. The lowest BCUT2D eigenvalue weighted by Crippen LogP contribution is -2.16. The Balaban J connectivity index is 2.07. The Morgan fingerprint density at radius 3 is 2.48 bits per heavy atom. The molecule has 2 heterocycles. The Morgan fingerprint density at radius 2 is 1.87 bits per heavy atom. The molecule has 0 amide bonds. The van der Waals surface area contributed by atoms with Gasteiger partial charge in [0.15, 0.2) is 5.65 Å². The van der Waals surface area contributed by atoms with Gasteiger partial charge in [-0.25, -0.2) is 14.6 Å². The molecule has 3 rings (SSSR count). The number of aromatic nitrogens is 4. The van der Waals surface area contributed by atoms with Crippen LogP contribution in [-0.2, 0) is 6.54 Å². The van der Waals surface area contributed by atoms with Crippen molar-refractivity contribution in [3.8, 4) is 17.0 Å². The molecule has 23 heavy (non-hydrogen) atoms. The van der Waals surface area contributed by atoms with E-state index in [0.717, 1.165) is 0 Å². The zero-order valence-electron chi connectivity index (χ0n) is 12.0. The van der Waals surface area contributed by atoms with Gasteiger partial charge in [0.1, 0.15) is 23.6 Å². The number of nitrogens with zero attached hydrogens (tertiary/aromatic N) is 4. The Bertz CT molecular complexity index is 842. The minimum Gasteiger partial charge on any atom is -0.406 e. The fraction of sp³-hybridized carbons (Fsp3) is 0.214. The number of nitrogens with two attached hydrogens (primary N) is 1. The van der Waals surface area contributed by atoms with Crippen molar-refractivity contribution in [1.82, 2.24) is 19.7 Å². The molecule has 0 unspecified atom stereocenters. The van der Waals surface area contributed by atoms with Crippen LogP contribution in [0.2, 0.25) is 0 Å². The summed E-state index contributed by atoms with van der Waals surface area (Å²) in [5, 5.41) is 4.98. The Morgan fingerprint density at radius 1 is 1.17 bits per heavy atom. The van der Waals surface area contributed by atoms with Crippen molar-refractivity contribution in [1.29, 1.82) is 0 Å². The molecule has 0 saturated carbocycles. The molecule has 0 fully saturated rings. The summed E-state index contributed by atoms with van der Waals surface area (Å²) in [4.78, 5) is 8.11. The van der Waals surface area contributed by atoms with E-state index in [0.29, 0.717) is 28.8 Å². The number of hydrogen-bond donors (Lipinski definition) is 1. The van der Waals surface area contributed by atoms with Gasteiger partial charge >= 0.3 is 6.36 Å². The molecule has 0 radical (unpaired) electrons. The first-order valence-electron chi connectivity index (χ1n) is 6.72. The largest absolute Gasteiger partial charge is 0.573 e. The molecular formula is C14H12F3N5O. The van der Waals surface area contributed by atoms with Crippen molar-refractivity contribution in [3.63, 3.8) is 0 Å². The fourth-order valence-electron chi connectivity index (χ4n) is 2.27. The van der Waals surface area contributed by atoms with Crippen molar-refractivity contribution >= 4 is 16.9 Å². The standard InChI is InChI=1S/C14H12F3N5O/c1-2-22-13-10(12(18)19-7-20-13)11(21-22)8-3-5-9(6-4-8)23-14(15,16)17/h3-7H,2H2,1H3,(H2,18,19,20). The topological polar surface area (TPSA) is 78.9 Å². The van der Waals surface area contributed by atoms with E-state index in [1.54, 1.807) is 4.68 Å². The van der Waals surface area contributed by atoms with Crippen LogP contribution in [0.5, 0.6) is 5.75 Å². The van der Waals surface area contributed by atoms with Gasteiger partial charge in [0.2, 0.25) is 0 Å². The monoisotopic (exact) mass is 323 g/mol. The van der Waals surface area contributed by atoms with E-state index in [4.69, 9.17) is 5.73 Å². The van der Waals surface area contributed by atoms with Gasteiger partial charge in [0.05, 0.1) is 5.39 Å². The lowest BCUT2D eigenvalue weighted by Gasteiger charge is -2.08. The second-order valence-electron chi connectivity index (χ2n) is 4.69. The first-order valence-corrected chi connectivity index (χ1v) is 6.72. The van der Waals surface area contributed by atoms with E-state index in [1.165, 1.54) is 30.6 Å². The first-order chi connectivity index (χ1) is 10.9. The van der Waals surface area contributed by atoms with Crippen LogP contribution in [0.15, 0.2) is 30.6 Å². The number of hydrogen-bond acceptors (Lipinski definition) is 5. The molecule has 0 aliphatic heterocycles. The second kappa shape index (κ2) is 5.41. The number of rotatable bonds is 3. The summed E-state index contributed by atoms with van der Waals surface area (Å²) in [5.41, 5.74) is 7.58. The van der Waals surface area contributed by atoms with Crippen LogP contribution in [0.4, 0.5) is 19.0 Å². The lowest BCUT2D eigenvalue weighted by atomic mass is 10.1. The quantitative estimate of drug-likeness (QED) is 0.801. The zero-order valence-corrected chi connectivity index (χ0v) is 12.0. The number of halogens is 3. The summed E-state index contributed by atoms with van der Waals surface area (Å²) in [6, 6.07) is 5.41. The maximum absolute atomic E-state index is 12.2. The molecule has 0 aliphatic rings. The molecule has 9 heteroatoms. The van der Waals surface area contributed by atoms with Gasteiger partial charge in [-0.05, 0) is 31.2 Å². The molecule has 3 aromatic rings. The van der Waals surface area contributed by atoms with Gasteiger partial charge < -0.3 is 10.5 Å². The minimum absolute atomic E-state index is 0.264. The average molecular weight is 323 g/mol. The number of alkyl halides is 3. The van der Waals surface area contributed by atoms with Gasteiger partial charge in [-0.3, -0.25) is 0 Å². The van der Waals surface area contributed by atoms with Crippen molar-refractivity contribution < 1.29 is 17.9 Å². The third-order valence-corrected chi connectivity index (χ3v) is 3.22. The van der Waals surface area contributed by atoms with Gasteiger partial charge in [-0.2, -0.15) is 5.10 Å². The predicted octanol–water partition coefficient (Wildman–Crippen LogP) is 2.99. The van der Waals surface area contributed by atoms with Crippen LogP contribution >= 0.6 is 0 Å². The third-order valence-electron chi connectivity index (χ3n) is 3.22. The normalized spacial score (nSPS) is 11.8. The molecule has 1 aromatic carbocycles. The van der Waals surface area contributed by atoms with Crippen LogP contribution in [0, 0.1) is 0 Å². The van der Waals surface area contributed by atoms with Gasteiger partial charge in [0.25, 0.3) is 0 Å². The van der Waals surface area contributed by atoms with Crippen LogP contribution < -0.4 is 10.5 Å². The van der Waals surface area contributed by atoms with E-state index >= 15 is 0 Å².